The molecule has 3 heterocycles. The van der Waals surface area contributed by atoms with Crippen molar-refractivity contribution in [3.8, 4) is 11.5 Å². The molecule has 2 aromatic heterocycles. The molecule has 3 aromatic rings. The number of ether oxygens (including phenoxy) is 2. The number of methoxy groups -OCH3 is 1. The quantitative estimate of drug-likeness (QED) is 0.638. The number of nitrogens with one attached hydrogen (secondary N) is 2. The minimum atomic E-state index is -0.272. The molecule has 10 heteroatoms. The van der Waals surface area contributed by atoms with E-state index in [0.717, 1.165) is 0 Å². The van der Waals surface area contributed by atoms with E-state index in [-0.39, 0.29) is 17.9 Å². The van der Waals surface area contributed by atoms with Gasteiger partial charge in [-0.1, -0.05) is 0 Å². The highest BCUT2D eigenvalue weighted by Crippen LogP contribution is 2.29. The number of amides is 2. The van der Waals surface area contributed by atoms with E-state index in [9.17, 15) is 9.59 Å². The van der Waals surface area contributed by atoms with E-state index < -0.39 is 0 Å². The normalized spacial score (nSPS) is 13.8. The van der Waals surface area contributed by atoms with Crippen LogP contribution in [0, 0.1) is 0 Å². The zero-order chi connectivity index (χ0) is 20.4. The number of aromatic nitrogens is 4. The Morgan fingerprint density at radius 2 is 2.07 bits per heavy atom. The highest BCUT2D eigenvalue weighted by Gasteiger charge is 2.33. The van der Waals surface area contributed by atoms with Crippen LogP contribution in [0.2, 0.25) is 0 Å². The molecule has 1 aliphatic rings. The predicted octanol–water partition coefficient (Wildman–Crippen LogP) is 1.01. The molecule has 0 unspecified atom stereocenters. The van der Waals surface area contributed by atoms with Crippen molar-refractivity contribution in [1.29, 1.82) is 0 Å². The van der Waals surface area contributed by atoms with Crippen LogP contribution in [-0.2, 0) is 0 Å². The summed E-state index contributed by atoms with van der Waals surface area (Å²) in [6.07, 6.45) is 1.51. The first-order chi connectivity index (χ1) is 14.1. The van der Waals surface area contributed by atoms with Crippen LogP contribution in [0.4, 0.5) is 0 Å². The fraction of sp³-hybridized carbons (Fsp3) is 0.316. The molecule has 1 aliphatic heterocycles. The fourth-order valence-electron chi connectivity index (χ4n) is 3.20. The third-order valence-electron chi connectivity index (χ3n) is 4.68. The van der Waals surface area contributed by atoms with Gasteiger partial charge in [0, 0.05) is 24.8 Å². The van der Waals surface area contributed by atoms with Crippen LogP contribution in [0.15, 0.2) is 30.5 Å². The van der Waals surface area contributed by atoms with Gasteiger partial charge in [-0.3, -0.25) is 9.59 Å². The first-order valence-electron chi connectivity index (χ1n) is 9.17. The number of nitrogens with zero attached hydrogens (tertiary/aromatic N) is 4. The van der Waals surface area contributed by atoms with Gasteiger partial charge < -0.3 is 19.7 Å². The second-order valence-electron chi connectivity index (χ2n) is 6.53. The molecule has 2 N–H and O–H groups in total. The van der Waals surface area contributed by atoms with E-state index in [2.05, 4.69) is 25.7 Å². The van der Waals surface area contributed by atoms with Crippen LogP contribution < -0.4 is 14.8 Å². The van der Waals surface area contributed by atoms with Crippen molar-refractivity contribution >= 4 is 23.0 Å². The highest BCUT2D eigenvalue weighted by molar-refractivity contribution is 6.04. The maximum Gasteiger partial charge on any atom is 0.254 e. The van der Waals surface area contributed by atoms with Crippen LogP contribution in [0.1, 0.15) is 27.6 Å². The molecular formula is C19H20N6O4. The second kappa shape index (κ2) is 7.74. The second-order valence-corrected chi connectivity index (χ2v) is 6.53. The van der Waals surface area contributed by atoms with Crippen molar-refractivity contribution < 1.29 is 19.1 Å². The number of hydrogen-bond acceptors (Lipinski definition) is 7. The Bertz CT molecular complexity index is 1060. The van der Waals surface area contributed by atoms with Crippen LogP contribution in [0.5, 0.6) is 11.5 Å². The Morgan fingerprint density at radius 3 is 2.83 bits per heavy atom. The maximum absolute atomic E-state index is 12.7. The number of H-pyrrole nitrogens is 1. The average Bonchev–Trinajstić information content (AvgIpc) is 3.19. The molecule has 4 rings (SSSR count). The lowest BCUT2D eigenvalue weighted by atomic mass is 10.1. The molecule has 29 heavy (non-hydrogen) atoms. The molecule has 10 nitrogen and oxygen atoms in total. The molecule has 0 spiro atoms. The van der Waals surface area contributed by atoms with E-state index >= 15 is 0 Å². The molecule has 1 aromatic carbocycles. The lowest BCUT2D eigenvalue weighted by Gasteiger charge is -2.39. The number of likely N-dealkylation sites (tertiary alicyclic amines) is 1. The minimum absolute atomic E-state index is 0.125. The number of benzene rings is 1. The smallest absolute Gasteiger partial charge is 0.254 e. The Balaban J connectivity index is 1.38. The maximum atomic E-state index is 12.7. The van der Waals surface area contributed by atoms with E-state index in [1.165, 1.54) is 13.3 Å². The molecule has 1 fully saturated rings. The van der Waals surface area contributed by atoms with Crippen molar-refractivity contribution in [1.82, 2.24) is 30.6 Å². The number of rotatable bonds is 6. The van der Waals surface area contributed by atoms with E-state index in [1.54, 1.807) is 29.2 Å². The minimum Gasteiger partial charge on any atom is -0.493 e. The van der Waals surface area contributed by atoms with Crippen molar-refractivity contribution in [2.45, 2.75) is 13.0 Å². The summed E-state index contributed by atoms with van der Waals surface area (Å²) >= 11 is 0. The Labute approximate surface area is 166 Å². The zero-order valence-electron chi connectivity index (χ0n) is 16.0. The van der Waals surface area contributed by atoms with E-state index in [1.807, 2.05) is 6.92 Å². The molecule has 0 bridgehead atoms. The average molecular weight is 396 g/mol. The molecule has 0 aliphatic carbocycles. The van der Waals surface area contributed by atoms with Gasteiger partial charge in [-0.15, -0.1) is 5.10 Å². The Kier molecular flexibility index (Phi) is 4.98. The van der Waals surface area contributed by atoms with Gasteiger partial charge in [-0.25, -0.2) is 4.98 Å². The summed E-state index contributed by atoms with van der Waals surface area (Å²) in [7, 11) is 1.53. The lowest BCUT2D eigenvalue weighted by Crippen LogP contribution is -2.61. The Hall–Kier alpha value is -3.69. The summed E-state index contributed by atoms with van der Waals surface area (Å²) in [5.41, 5.74) is 1.70. The van der Waals surface area contributed by atoms with Crippen molar-refractivity contribution in [2.75, 3.05) is 26.8 Å². The standard InChI is InChI=1S/C19H20N6O4/c1-3-29-14-5-4-11(8-15(14)28-2)19(27)25-9-12(10-25)21-18(26)13-6-7-20-17-16(13)22-24-23-17/h4-8,12H,3,9-10H2,1-2H3,(H,21,26)(H,20,22,23,24). The summed E-state index contributed by atoms with van der Waals surface area (Å²) in [5.74, 6) is 0.708. The number of hydrogen-bond donors (Lipinski definition) is 2. The number of pyridine rings is 1. The van der Waals surface area contributed by atoms with Crippen molar-refractivity contribution in [3.05, 3.63) is 41.6 Å². The highest BCUT2D eigenvalue weighted by atomic mass is 16.5. The number of carbonyl (C=O) groups is 2. The van der Waals surface area contributed by atoms with Crippen LogP contribution >= 0.6 is 0 Å². The van der Waals surface area contributed by atoms with E-state index in [0.29, 0.717) is 53.5 Å². The third-order valence-corrected chi connectivity index (χ3v) is 4.68. The lowest BCUT2D eigenvalue weighted by molar-refractivity contribution is 0.0542. The first kappa shape index (κ1) is 18.7. The summed E-state index contributed by atoms with van der Waals surface area (Å²) in [5, 5.41) is 13.2. The van der Waals surface area contributed by atoms with Gasteiger partial charge >= 0.3 is 0 Å². The number of fused-ring (bicyclic) bond motifs is 1. The topological polar surface area (TPSA) is 122 Å². The van der Waals surface area contributed by atoms with Gasteiger partial charge in [0.15, 0.2) is 11.5 Å². The largest absolute Gasteiger partial charge is 0.493 e. The zero-order valence-corrected chi connectivity index (χ0v) is 16.0. The monoisotopic (exact) mass is 396 g/mol. The van der Waals surface area contributed by atoms with Crippen molar-refractivity contribution in [3.63, 3.8) is 0 Å². The molecule has 1 saturated heterocycles. The summed E-state index contributed by atoms with van der Waals surface area (Å²) in [4.78, 5) is 30.9. The van der Waals surface area contributed by atoms with Crippen LogP contribution in [0.25, 0.3) is 11.2 Å². The molecular weight excluding hydrogens is 376 g/mol. The molecule has 0 saturated carbocycles. The van der Waals surface area contributed by atoms with Crippen LogP contribution in [0.3, 0.4) is 0 Å². The SMILES string of the molecule is CCOc1ccc(C(=O)N2CC(NC(=O)c3ccnc4n[nH]nc34)C2)cc1OC. The van der Waals surface area contributed by atoms with Gasteiger partial charge in [0.25, 0.3) is 11.8 Å². The molecule has 2 amide bonds. The van der Waals surface area contributed by atoms with Gasteiger partial charge in [-0.2, -0.15) is 10.3 Å². The molecule has 0 radical (unpaired) electrons. The molecule has 150 valence electrons. The van der Waals surface area contributed by atoms with Gasteiger partial charge in [0.05, 0.1) is 25.3 Å². The van der Waals surface area contributed by atoms with Gasteiger partial charge in [0.1, 0.15) is 5.52 Å². The van der Waals surface area contributed by atoms with Gasteiger partial charge in [-0.05, 0) is 31.2 Å². The number of aromatic amines is 1. The summed E-state index contributed by atoms with van der Waals surface area (Å²) in [6, 6.07) is 6.55. The van der Waals surface area contributed by atoms with Crippen LogP contribution in [-0.4, -0.2) is 70.0 Å². The van der Waals surface area contributed by atoms with Crippen molar-refractivity contribution in [2.24, 2.45) is 0 Å². The van der Waals surface area contributed by atoms with Gasteiger partial charge in [0.2, 0.25) is 5.65 Å². The molecule has 0 atom stereocenters. The Morgan fingerprint density at radius 1 is 1.24 bits per heavy atom. The predicted molar refractivity (Wildman–Crippen MR) is 103 cm³/mol. The summed E-state index contributed by atoms with van der Waals surface area (Å²) < 4.78 is 10.8. The number of carbonyl (C=O) groups excluding carboxylic acids is 2. The third kappa shape index (κ3) is 3.56. The summed E-state index contributed by atoms with van der Waals surface area (Å²) in [6.45, 7) is 3.24. The van der Waals surface area contributed by atoms with E-state index in [4.69, 9.17) is 9.47 Å². The fourth-order valence-corrected chi connectivity index (χ4v) is 3.20. The first-order valence-corrected chi connectivity index (χ1v) is 9.17.